The number of H-pyrrole nitrogens is 2. The number of hydrogen-bond acceptors (Lipinski definition) is 6. The van der Waals surface area contributed by atoms with Gasteiger partial charge in [0, 0.05) is 88.6 Å². The van der Waals surface area contributed by atoms with Gasteiger partial charge >= 0.3 is 0 Å². The normalized spacial score (nSPS) is 11.4. The molecule has 4 aromatic carbocycles. The van der Waals surface area contributed by atoms with E-state index in [4.69, 9.17) is 29.9 Å². The largest absolute Gasteiger partial charge is 0.324 e. The van der Waals surface area contributed by atoms with Crippen LogP contribution < -0.4 is 0 Å². The zero-order valence-corrected chi connectivity index (χ0v) is 25.7. The summed E-state index contributed by atoms with van der Waals surface area (Å²) in [5, 5.41) is 3.82. The molecule has 2 N–H and O–H groups in total. The van der Waals surface area contributed by atoms with Gasteiger partial charge in [0.05, 0.1) is 0 Å². The molecule has 3 aromatic heterocycles. The maximum Gasteiger partial charge on any atom is 0.164 e. The molecule has 0 saturated heterocycles. The average Bonchev–Trinajstić information content (AvgIpc) is 3.73. The number of nitrogens with one attached hydrogen (secondary N) is 2. The van der Waals surface area contributed by atoms with Crippen molar-refractivity contribution < 1.29 is 44.8 Å². The summed E-state index contributed by atoms with van der Waals surface area (Å²) in [6.07, 6.45) is 0. The van der Waals surface area contributed by atoms with Crippen LogP contribution in [0.5, 0.6) is 0 Å². The molecule has 5 heterocycles. The molecule has 42 heavy (non-hydrogen) atoms. The standard InChI is InChI=1S/C32H18N8.V.Zr/c1-2-10-18-17(9-1)25-33-26(18)38-28-21-13-5-6-14-22(21)30(35-28)40-32-24-16-8-7-15-23(24)31(36-32)39-29-20-12-4-3-11-19(20)27(34-29)37-25;;/h1-16H,(H2,33,34,35,36,37,38,39,40);;. The Bertz CT molecular complexity index is 2040. The van der Waals surface area contributed by atoms with Gasteiger partial charge in [-0.3, -0.25) is 0 Å². The number of rotatable bonds is 0. The van der Waals surface area contributed by atoms with Gasteiger partial charge in [-0.2, -0.15) is 0 Å². The minimum absolute atomic E-state index is 0. The smallest absolute Gasteiger partial charge is 0.164 e. The van der Waals surface area contributed by atoms with E-state index in [9.17, 15) is 0 Å². The van der Waals surface area contributed by atoms with E-state index in [0.29, 0.717) is 45.9 Å². The van der Waals surface area contributed by atoms with Crippen molar-refractivity contribution in [2.45, 2.75) is 0 Å². The maximum atomic E-state index is 5.02. The molecule has 0 atom stereocenters. The van der Waals surface area contributed by atoms with Gasteiger partial charge < -0.3 is 9.97 Å². The average molecular weight is 657 g/mol. The van der Waals surface area contributed by atoms with E-state index >= 15 is 0 Å². The van der Waals surface area contributed by atoms with Crippen molar-refractivity contribution >= 4 is 44.1 Å². The second-order valence-electron chi connectivity index (χ2n) is 9.79. The van der Waals surface area contributed by atoms with Crippen LogP contribution >= 0.6 is 0 Å². The van der Waals surface area contributed by atoms with E-state index in [1.165, 1.54) is 0 Å². The Balaban J connectivity index is 0.00000144. The molecular weight excluding hydrogens is 639 g/mol. The van der Waals surface area contributed by atoms with E-state index in [-0.39, 0.29) is 44.8 Å². The first kappa shape index (κ1) is 26.6. The van der Waals surface area contributed by atoms with Gasteiger partial charge in [0.1, 0.15) is 22.6 Å². The van der Waals surface area contributed by atoms with Gasteiger partial charge in [-0.25, -0.2) is 29.9 Å². The minimum atomic E-state index is 0. The summed E-state index contributed by atoms with van der Waals surface area (Å²) in [5.74, 6) is 2.39. The van der Waals surface area contributed by atoms with E-state index in [1.54, 1.807) is 0 Å². The van der Waals surface area contributed by atoms with Crippen molar-refractivity contribution in [3.63, 3.8) is 0 Å². The second-order valence-corrected chi connectivity index (χ2v) is 9.79. The number of aromatic nitrogens is 8. The Hall–Kier alpha value is -4.29. The SMILES string of the molecule is [V].[Zr].c1ccc2c(c1)-c1nc-2nc2[nH]c(nc3nc(nc4[nH]c(n1)c1ccccc41)-c1ccccc1-3)c1ccccc21. The summed E-state index contributed by atoms with van der Waals surface area (Å²) in [4.78, 5) is 36.8. The molecule has 2 aliphatic rings. The fourth-order valence-electron chi connectivity index (χ4n) is 5.59. The number of aromatic amines is 2. The van der Waals surface area contributed by atoms with Gasteiger partial charge in [0.15, 0.2) is 23.3 Å². The van der Waals surface area contributed by atoms with Crippen molar-refractivity contribution in [1.82, 2.24) is 39.9 Å². The first-order chi connectivity index (χ1) is 19.8. The zero-order chi connectivity index (χ0) is 26.2. The topological polar surface area (TPSA) is 109 Å². The van der Waals surface area contributed by atoms with Crippen LogP contribution in [0.2, 0.25) is 0 Å². The summed E-state index contributed by atoms with van der Waals surface area (Å²) in [6.45, 7) is 0. The molecule has 8 nitrogen and oxygen atoms in total. The summed E-state index contributed by atoms with van der Waals surface area (Å²) >= 11 is 0. The predicted molar refractivity (Wildman–Crippen MR) is 156 cm³/mol. The van der Waals surface area contributed by atoms with Gasteiger partial charge in [-0.05, 0) is 0 Å². The maximum absolute atomic E-state index is 5.02. The summed E-state index contributed by atoms with van der Waals surface area (Å²) in [7, 11) is 0. The third-order valence-electron chi connectivity index (χ3n) is 7.46. The van der Waals surface area contributed by atoms with E-state index in [2.05, 4.69) is 9.97 Å². The van der Waals surface area contributed by atoms with Gasteiger partial charge in [-0.1, -0.05) is 97.1 Å². The van der Waals surface area contributed by atoms with Crippen molar-refractivity contribution in [3.8, 4) is 45.6 Å². The molecular formula is C32H18N8VZr. The first-order valence-electron chi connectivity index (χ1n) is 13.0. The van der Waals surface area contributed by atoms with E-state index < -0.39 is 0 Å². The molecule has 0 saturated carbocycles. The molecule has 7 aromatic rings. The van der Waals surface area contributed by atoms with Crippen LogP contribution in [-0.4, -0.2) is 39.9 Å². The van der Waals surface area contributed by atoms with Crippen molar-refractivity contribution in [2.24, 2.45) is 0 Å². The first-order valence-corrected chi connectivity index (χ1v) is 13.0. The Morgan fingerprint density at radius 3 is 0.833 bits per heavy atom. The third-order valence-corrected chi connectivity index (χ3v) is 7.46. The Morgan fingerprint density at radius 1 is 0.333 bits per heavy atom. The van der Waals surface area contributed by atoms with Crippen LogP contribution in [0.15, 0.2) is 97.1 Å². The van der Waals surface area contributed by atoms with Crippen molar-refractivity contribution in [1.29, 1.82) is 0 Å². The third kappa shape index (κ3) is 4.00. The van der Waals surface area contributed by atoms with Gasteiger partial charge in [-0.15, -0.1) is 0 Å². The number of benzene rings is 4. The summed E-state index contributed by atoms with van der Waals surface area (Å²) in [5.41, 5.74) is 6.45. The molecule has 195 valence electrons. The van der Waals surface area contributed by atoms with E-state index in [0.717, 1.165) is 43.8 Å². The van der Waals surface area contributed by atoms with Crippen LogP contribution in [0.1, 0.15) is 0 Å². The molecule has 10 heteroatoms. The van der Waals surface area contributed by atoms with Crippen molar-refractivity contribution in [2.75, 3.05) is 0 Å². The molecule has 0 spiro atoms. The molecule has 2 aliphatic heterocycles. The quantitative estimate of drug-likeness (QED) is 0.185. The second kappa shape index (κ2) is 10.2. The summed E-state index contributed by atoms with van der Waals surface area (Å²) < 4.78 is 0. The molecule has 0 fully saturated rings. The van der Waals surface area contributed by atoms with Crippen molar-refractivity contribution in [3.05, 3.63) is 97.1 Å². The molecule has 1 radical (unpaired) electrons. The molecule has 9 rings (SSSR count). The summed E-state index contributed by atoms with van der Waals surface area (Å²) in [6, 6.07) is 32.2. The number of hydrogen-bond donors (Lipinski definition) is 2. The molecule has 8 bridgehead atoms. The number of nitrogens with zero attached hydrogens (tertiary/aromatic N) is 6. The fourth-order valence-corrected chi connectivity index (χ4v) is 5.59. The van der Waals surface area contributed by atoms with Crippen LogP contribution in [0, 0.1) is 0 Å². The predicted octanol–water partition coefficient (Wildman–Crippen LogP) is 6.86. The van der Waals surface area contributed by atoms with Gasteiger partial charge in [0.2, 0.25) is 0 Å². The molecule has 0 aliphatic carbocycles. The van der Waals surface area contributed by atoms with Crippen LogP contribution in [-0.2, 0) is 44.8 Å². The van der Waals surface area contributed by atoms with Gasteiger partial charge in [0.25, 0.3) is 0 Å². The molecule has 0 unspecified atom stereocenters. The fraction of sp³-hybridized carbons (Fsp3) is 0. The Labute approximate surface area is 269 Å². The Morgan fingerprint density at radius 2 is 0.571 bits per heavy atom. The zero-order valence-electron chi connectivity index (χ0n) is 21.9. The van der Waals surface area contributed by atoms with E-state index in [1.807, 2.05) is 97.1 Å². The van der Waals surface area contributed by atoms with Crippen LogP contribution in [0.25, 0.3) is 89.7 Å². The van der Waals surface area contributed by atoms with Crippen LogP contribution in [0.4, 0.5) is 0 Å². The minimum Gasteiger partial charge on any atom is -0.324 e. The molecule has 0 amide bonds. The van der Waals surface area contributed by atoms with Crippen LogP contribution in [0.3, 0.4) is 0 Å². The monoisotopic (exact) mass is 655 g/mol. The Kier molecular flexibility index (Phi) is 6.47. The number of fused-ring (bicyclic) bond motifs is 20.